The van der Waals surface area contributed by atoms with Crippen molar-refractivity contribution in [2.24, 2.45) is 0 Å². The first-order chi connectivity index (χ1) is 22.4. The molecule has 0 spiro atoms. The van der Waals surface area contributed by atoms with Crippen LogP contribution in [0.25, 0.3) is 17.3 Å². The number of nitrogens with zero attached hydrogens (tertiary/aromatic N) is 3. The molecular formula is C39H33F2N3O2. The molecule has 0 radical (unpaired) electrons. The van der Waals surface area contributed by atoms with Crippen LogP contribution in [0.2, 0.25) is 0 Å². The van der Waals surface area contributed by atoms with E-state index in [0.717, 1.165) is 52.6 Å². The molecule has 2 heterocycles. The molecule has 0 N–H and O–H groups in total. The smallest absolute Gasteiger partial charge is 0.247 e. The fourth-order valence-electron chi connectivity index (χ4n) is 5.81. The van der Waals surface area contributed by atoms with Crippen molar-refractivity contribution in [2.75, 3.05) is 6.54 Å². The van der Waals surface area contributed by atoms with Crippen molar-refractivity contribution in [3.8, 4) is 11.3 Å². The van der Waals surface area contributed by atoms with Gasteiger partial charge in [-0.3, -0.25) is 14.6 Å². The van der Waals surface area contributed by atoms with E-state index < -0.39 is 23.6 Å². The third kappa shape index (κ3) is 7.26. The Morgan fingerprint density at radius 3 is 2.33 bits per heavy atom. The molecule has 6 rings (SSSR count). The number of hydrogen-bond donors (Lipinski definition) is 0. The molecule has 4 aromatic carbocycles. The van der Waals surface area contributed by atoms with Crippen molar-refractivity contribution in [2.45, 2.75) is 32.0 Å². The lowest BCUT2D eigenvalue weighted by Gasteiger charge is -2.37. The van der Waals surface area contributed by atoms with E-state index >= 15 is 0 Å². The van der Waals surface area contributed by atoms with Crippen LogP contribution in [0, 0.1) is 11.6 Å². The molecular weight excluding hydrogens is 580 g/mol. The molecule has 0 aliphatic carbocycles. The fourth-order valence-corrected chi connectivity index (χ4v) is 5.81. The van der Waals surface area contributed by atoms with Crippen LogP contribution in [0.4, 0.5) is 8.78 Å². The maximum atomic E-state index is 14.5. The average molecular weight is 614 g/mol. The number of benzene rings is 4. The molecule has 1 aliphatic heterocycles. The van der Waals surface area contributed by atoms with Gasteiger partial charge in [-0.15, -0.1) is 0 Å². The summed E-state index contributed by atoms with van der Waals surface area (Å²) in [4.78, 5) is 36.3. The molecule has 7 heteroatoms. The second-order valence-electron chi connectivity index (χ2n) is 11.4. The molecule has 46 heavy (non-hydrogen) atoms. The predicted octanol–water partition coefficient (Wildman–Crippen LogP) is 7.27. The predicted molar refractivity (Wildman–Crippen MR) is 175 cm³/mol. The summed E-state index contributed by atoms with van der Waals surface area (Å²) in [6.07, 6.45) is 5.23. The number of hydrogen-bond acceptors (Lipinski definition) is 3. The zero-order valence-electron chi connectivity index (χ0n) is 25.2. The third-order valence-electron chi connectivity index (χ3n) is 8.29. The highest BCUT2D eigenvalue weighted by Gasteiger charge is 2.34. The van der Waals surface area contributed by atoms with E-state index in [9.17, 15) is 18.4 Å². The lowest BCUT2D eigenvalue weighted by atomic mass is 9.97. The van der Waals surface area contributed by atoms with Crippen LogP contribution < -0.4 is 0 Å². The summed E-state index contributed by atoms with van der Waals surface area (Å²) >= 11 is 0. The highest BCUT2D eigenvalue weighted by atomic mass is 19.1. The summed E-state index contributed by atoms with van der Waals surface area (Å²) in [6.45, 7) is 1.11. The number of pyridine rings is 1. The highest BCUT2D eigenvalue weighted by molar-refractivity contribution is 5.96. The summed E-state index contributed by atoms with van der Waals surface area (Å²) in [5.41, 5.74) is 5.72. The Kier molecular flexibility index (Phi) is 9.39. The minimum absolute atomic E-state index is 0.0495. The molecule has 2 amide bonds. The van der Waals surface area contributed by atoms with Crippen molar-refractivity contribution >= 4 is 17.9 Å². The number of carbonyl (C=O) groups is 2. The second-order valence-corrected chi connectivity index (χ2v) is 11.4. The largest absolute Gasteiger partial charge is 0.336 e. The summed E-state index contributed by atoms with van der Waals surface area (Å²) in [5.74, 6) is -1.90. The Labute approximate surface area is 267 Å². The maximum absolute atomic E-state index is 14.5. The molecule has 230 valence electrons. The quantitative estimate of drug-likeness (QED) is 0.165. The van der Waals surface area contributed by atoms with E-state index in [0.29, 0.717) is 13.1 Å². The van der Waals surface area contributed by atoms with Crippen molar-refractivity contribution in [1.82, 2.24) is 14.8 Å². The van der Waals surface area contributed by atoms with Gasteiger partial charge in [0.15, 0.2) is 0 Å². The SMILES string of the molecule is O=C([C@H](Cc1ccccc1)N(Cc1ccc(-c2ccccn2)cc1)C(=O)C=Cc1cc(F)ccc1F)N1CCc2ccccc2C1. The molecule has 1 aromatic heterocycles. The van der Waals surface area contributed by atoms with Crippen molar-refractivity contribution < 1.29 is 18.4 Å². The minimum Gasteiger partial charge on any atom is -0.336 e. The molecule has 0 saturated carbocycles. The van der Waals surface area contributed by atoms with Crippen LogP contribution in [-0.2, 0) is 35.5 Å². The fraction of sp³-hybridized carbons (Fsp3) is 0.154. The number of carbonyl (C=O) groups excluding carboxylic acids is 2. The Morgan fingerprint density at radius 1 is 0.826 bits per heavy atom. The molecule has 5 aromatic rings. The van der Waals surface area contributed by atoms with Crippen LogP contribution in [0.5, 0.6) is 0 Å². The topological polar surface area (TPSA) is 53.5 Å². The van der Waals surface area contributed by atoms with Crippen molar-refractivity contribution in [3.63, 3.8) is 0 Å². The van der Waals surface area contributed by atoms with Crippen LogP contribution in [-0.4, -0.2) is 39.2 Å². The second kappa shape index (κ2) is 14.1. The monoisotopic (exact) mass is 613 g/mol. The number of rotatable bonds is 9. The van der Waals surface area contributed by atoms with Gasteiger partial charge < -0.3 is 9.80 Å². The van der Waals surface area contributed by atoms with Gasteiger partial charge in [0.05, 0.1) is 5.69 Å². The lowest BCUT2D eigenvalue weighted by Crippen LogP contribution is -2.52. The molecule has 0 saturated heterocycles. The van der Waals surface area contributed by atoms with Gasteiger partial charge in [0.2, 0.25) is 11.8 Å². The van der Waals surface area contributed by atoms with Crippen molar-refractivity contribution in [3.05, 3.63) is 167 Å². The van der Waals surface area contributed by atoms with Gasteiger partial charge in [0.25, 0.3) is 0 Å². The van der Waals surface area contributed by atoms with E-state index in [1.165, 1.54) is 17.7 Å². The van der Waals surface area contributed by atoms with E-state index in [1.54, 1.807) is 11.1 Å². The first kappa shape index (κ1) is 30.6. The summed E-state index contributed by atoms with van der Waals surface area (Å²) in [5, 5.41) is 0. The Hall–Kier alpha value is -5.43. The van der Waals surface area contributed by atoms with Crippen LogP contribution in [0.1, 0.15) is 27.8 Å². The van der Waals surface area contributed by atoms with E-state index in [1.807, 2.05) is 95.9 Å². The van der Waals surface area contributed by atoms with Gasteiger partial charge in [-0.2, -0.15) is 0 Å². The summed E-state index contributed by atoms with van der Waals surface area (Å²) < 4.78 is 28.4. The Bertz CT molecular complexity index is 1840. The number of halogens is 2. The molecule has 5 nitrogen and oxygen atoms in total. The standard InChI is InChI=1S/C39H33F2N3O2/c40-34-18-19-35(41)32(25-34)17-20-38(45)44(26-29-13-15-31(16-14-29)36-12-6-7-22-42-36)37(24-28-8-2-1-3-9-28)39(46)43-23-21-30-10-4-5-11-33(30)27-43/h1-20,22,25,37H,21,23-24,26-27H2/t37-/m0/s1. The maximum Gasteiger partial charge on any atom is 0.247 e. The van der Waals surface area contributed by atoms with Gasteiger partial charge in [-0.25, -0.2) is 8.78 Å². The van der Waals surface area contributed by atoms with Gasteiger partial charge in [0.1, 0.15) is 17.7 Å². The Balaban J connectivity index is 1.36. The van der Waals surface area contributed by atoms with Gasteiger partial charge in [-0.05, 0) is 65.1 Å². The third-order valence-corrected chi connectivity index (χ3v) is 8.29. The molecule has 0 fully saturated rings. The number of amides is 2. The molecule has 0 unspecified atom stereocenters. The van der Waals surface area contributed by atoms with Crippen molar-refractivity contribution in [1.29, 1.82) is 0 Å². The Morgan fingerprint density at radius 2 is 1.57 bits per heavy atom. The average Bonchev–Trinajstić information content (AvgIpc) is 3.10. The van der Waals surface area contributed by atoms with E-state index in [2.05, 4.69) is 11.1 Å². The number of fused-ring (bicyclic) bond motifs is 1. The summed E-state index contributed by atoms with van der Waals surface area (Å²) in [6, 6.07) is 33.3. The zero-order valence-corrected chi connectivity index (χ0v) is 25.2. The minimum atomic E-state index is -0.849. The molecule has 1 aliphatic rings. The lowest BCUT2D eigenvalue weighted by molar-refractivity contribution is -0.144. The highest BCUT2D eigenvalue weighted by Crippen LogP contribution is 2.24. The van der Waals surface area contributed by atoms with Gasteiger partial charge in [0, 0.05) is 49.5 Å². The van der Waals surface area contributed by atoms with Crippen LogP contribution in [0.15, 0.2) is 128 Å². The van der Waals surface area contributed by atoms with Crippen LogP contribution in [0.3, 0.4) is 0 Å². The normalized spacial score (nSPS) is 13.3. The zero-order chi connectivity index (χ0) is 31.9. The van der Waals surface area contributed by atoms with E-state index in [4.69, 9.17) is 0 Å². The first-order valence-electron chi connectivity index (χ1n) is 15.3. The summed E-state index contributed by atoms with van der Waals surface area (Å²) in [7, 11) is 0. The first-order valence-corrected chi connectivity index (χ1v) is 15.3. The van der Waals surface area contributed by atoms with Gasteiger partial charge in [-0.1, -0.05) is 84.9 Å². The van der Waals surface area contributed by atoms with E-state index in [-0.39, 0.29) is 24.4 Å². The molecule has 1 atom stereocenters. The molecule has 0 bridgehead atoms. The van der Waals surface area contributed by atoms with Crippen LogP contribution >= 0.6 is 0 Å². The van der Waals surface area contributed by atoms with Gasteiger partial charge >= 0.3 is 0 Å². The number of aromatic nitrogens is 1.